The van der Waals surface area contributed by atoms with Crippen LogP contribution in [0.4, 0.5) is 0 Å². The Hall–Kier alpha value is -1.51. The minimum absolute atomic E-state index is 0.0292. The number of hydroxylamine groups is 1. The highest BCUT2D eigenvalue weighted by Gasteiger charge is 2.11. The van der Waals surface area contributed by atoms with Crippen molar-refractivity contribution < 1.29 is 15.1 Å². The molecule has 1 rings (SSSR count). The number of hydrogen-bond acceptors (Lipinski definition) is 5. The van der Waals surface area contributed by atoms with E-state index < -0.39 is 17.1 Å². The predicted molar refractivity (Wildman–Crippen MR) is 47.8 cm³/mol. The fourth-order valence-corrected chi connectivity index (χ4v) is 1.09. The van der Waals surface area contributed by atoms with E-state index in [2.05, 4.69) is 4.98 Å². The summed E-state index contributed by atoms with van der Waals surface area (Å²) in [5.74, 6) is -1.35. The van der Waals surface area contributed by atoms with E-state index in [1.807, 2.05) is 0 Å². The maximum Gasteiger partial charge on any atom is 0.342 e. The molecule has 4 N–H and O–H groups in total. The third-order valence-electron chi connectivity index (χ3n) is 1.52. The van der Waals surface area contributed by atoms with Crippen LogP contribution in [0.2, 0.25) is 0 Å². The molecular formula is C6H7N3O4S. The lowest BCUT2D eigenvalue weighted by Gasteiger charge is -2.04. The first kappa shape index (κ1) is 10.6. The van der Waals surface area contributed by atoms with E-state index in [1.54, 1.807) is 5.48 Å². The number of carboxylic acid groups (broad SMARTS) is 1. The third kappa shape index (κ3) is 1.87. The van der Waals surface area contributed by atoms with Crippen molar-refractivity contribution in [3.05, 3.63) is 26.9 Å². The summed E-state index contributed by atoms with van der Waals surface area (Å²) >= 11 is 4.71. The molecule has 1 aromatic heterocycles. The highest BCUT2D eigenvalue weighted by Crippen LogP contribution is 1.90. The molecule has 1 aromatic rings. The molecule has 8 heteroatoms. The smallest absolute Gasteiger partial charge is 0.342 e. The van der Waals surface area contributed by atoms with Gasteiger partial charge in [0.05, 0.1) is 0 Å². The molecule has 0 fully saturated rings. The van der Waals surface area contributed by atoms with E-state index >= 15 is 0 Å². The Morgan fingerprint density at radius 3 is 2.86 bits per heavy atom. The van der Waals surface area contributed by atoms with Gasteiger partial charge >= 0.3 is 5.97 Å². The molecule has 76 valence electrons. The van der Waals surface area contributed by atoms with Gasteiger partial charge in [0.25, 0.3) is 5.56 Å². The number of aromatic amines is 1. The second-order valence-electron chi connectivity index (χ2n) is 2.36. The molecule has 0 aliphatic heterocycles. The molecule has 0 saturated carbocycles. The van der Waals surface area contributed by atoms with E-state index in [-0.39, 0.29) is 11.4 Å². The van der Waals surface area contributed by atoms with Gasteiger partial charge in [-0.1, -0.05) is 0 Å². The van der Waals surface area contributed by atoms with Gasteiger partial charge in [-0.2, -0.15) is 5.48 Å². The second-order valence-corrected chi connectivity index (χ2v) is 2.75. The molecule has 0 unspecified atom stereocenters. The van der Waals surface area contributed by atoms with Gasteiger partial charge in [0.1, 0.15) is 12.2 Å². The van der Waals surface area contributed by atoms with Crippen molar-refractivity contribution in [1.82, 2.24) is 15.0 Å². The normalized spacial score (nSPS) is 10.1. The lowest BCUT2D eigenvalue weighted by atomic mass is 10.3. The van der Waals surface area contributed by atoms with Crippen molar-refractivity contribution in [2.24, 2.45) is 0 Å². The van der Waals surface area contributed by atoms with Crippen molar-refractivity contribution in [3.8, 4) is 0 Å². The van der Waals surface area contributed by atoms with Crippen LogP contribution in [0.15, 0.2) is 11.0 Å². The molecular weight excluding hydrogens is 210 g/mol. The van der Waals surface area contributed by atoms with Gasteiger partial charge in [-0.3, -0.25) is 9.36 Å². The van der Waals surface area contributed by atoms with Gasteiger partial charge in [0.2, 0.25) is 0 Å². The van der Waals surface area contributed by atoms with Crippen LogP contribution in [0, 0.1) is 4.77 Å². The van der Waals surface area contributed by atoms with E-state index in [0.29, 0.717) is 0 Å². The van der Waals surface area contributed by atoms with Crippen LogP contribution in [0.5, 0.6) is 0 Å². The molecule has 0 saturated heterocycles. The predicted octanol–water partition coefficient (Wildman–Crippen LogP) is -0.460. The van der Waals surface area contributed by atoms with Gasteiger partial charge in [0, 0.05) is 6.20 Å². The van der Waals surface area contributed by atoms with Crippen molar-refractivity contribution in [2.45, 2.75) is 6.67 Å². The fourth-order valence-electron chi connectivity index (χ4n) is 0.879. The molecule has 0 spiro atoms. The lowest BCUT2D eigenvalue weighted by molar-refractivity contribution is 0.0692. The molecule has 1 heterocycles. The quantitative estimate of drug-likeness (QED) is 0.403. The summed E-state index contributed by atoms with van der Waals surface area (Å²) in [5, 5.41) is 17.0. The lowest BCUT2D eigenvalue weighted by Crippen LogP contribution is -2.31. The Morgan fingerprint density at radius 2 is 2.36 bits per heavy atom. The Labute approximate surface area is 82.6 Å². The molecule has 0 bridgehead atoms. The zero-order valence-electron chi connectivity index (χ0n) is 6.85. The summed E-state index contributed by atoms with van der Waals surface area (Å²) in [6.45, 7) is -0.269. The number of rotatable bonds is 3. The number of nitrogens with one attached hydrogen (secondary N) is 2. The Balaban J connectivity index is 3.42. The summed E-state index contributed by atoms with van der Waals surface area (Å²) in [4.78, 5) is 24.3. The summed E-state index contributed by atoms with van der Waals surface area (Å²) in [7, 11) is 0. The van der Waals surface area contributed by atoms with Gasteiger partial charge in [0.15, 0.2) is 4.77 Å². The number of hydrogen-bond donors (Lipinski definition) is 4. The zero-order chi connectivity index (χ0) is 10.7. The summed E-state index contributed by atoms with van der Waals surface area (Å²) < 4.78 is 0.917. The highest BCUT2D eigenvalue weighted by atomic mass is 32.1. The minimum atomic E-state index is -1.35. The molecule has 0 atom stereocenters. The second kappa shape index (κ2) is 4.13. The zero-order valence-corrected chi connectivity index (χ0v) is 7.67. The van der Waals surface area contributed by atoms with Gasteiger partial charge in [-0.25, -0.2) is 4.79 Å². The van der Waals surface area contributed by atoms with Crippen LogP contribution >= 0.6 is 12.2 Å². The maximum atomic E-state index is 11.4. The van der Waals surface area contributed by atoms with E-state index in [1.165, 1.54) is 0 Å². The van der Waals surface area contributed by atoms with Crippen molar-refractivity contribution >= 4 is 18.2 Å². The van der Waals surface area contributed by atoms with Crippen molar-refractivity contribution in [1.29, 1.82) is 0 Å². The van der Waals surface area contributed by atoms with Crippen LogP contribution in [-0.2, 0) is 6.67 Å². The van der Waals surface area contributed by atoms with Gasteiger partial charge in [-0.15, -0.1) is 0 Å². The Bertz CT molecular complexity index is 463. The highest BCUT2D eigenvalue weighted by molar-refractivity contribution is 7.71. The molecule has 0 aliphatic rings. The molecule has 0 aromatic carbocycles. The van der Waals surface area contributed by atoms with Gasteiger partial charge < -0.3 is 15.3 Å². The first-order valence-electron chi connectivity index (χ1n) is 3.50. The molecule has 0 radical (unpaired) electrons. The third-order valence-corrected chi connectivity index (χ3v) is 1.86. The largest absolute Gasteiger partial charge is 0.477 e. The molecule has 7 nitrogen and oxygen atoms in total. The summed E-state index contributed by atoms with van der Waals surface area (Å²) in [6.07, 6.45) is 1.01. The van der Waals surface area contributed by atoms with Crippen LogP contribution in [0.1, 0.15) is 10.4 Å². The number of nitrogens with zero attached hydrogens (tertiary/aromatic N) is 1. The summed E-state index contributed by atoms with van der Waals surface area (Å²) in [6, 6.07) is 0. The minimum Gasteiger partial charge on any atom is -0.477 e. The molecule has 14 heavy (non-hydrogen) atoms. The van der Waals surface area contributed by atoms with Crippen LogP contribution in [-0.4, -0.2) is 25.8 Å². The Kier molecular flexibility index (Phi) is 3.12. The van der Waals surface area contributed by atoms with E-state index in [0.717, 1.165) is 10.8 Å². The first-order chi connectivity index (χ1) is 6.57. The first-order valence-corrected chi connectivity index (χ1v) is 3.91. The standard InChI is InChI=1S/C6H7N3O4S/c10-4-3(5(11)12)1-7-6(14)9(4)2-8-13/h1,8,13H,2H2,(H,7,14)(H,11,12). The molecule has 0 aliphatic carbocycles. The van der Waals surface area contributed by atoms with Crippen molar-refractivity contribution in [2.75, 3.05) is 0 Å². The average molecular weight is 217 g/mol. The number of carboxylic acids is 1. The number of H-pyrrole nitrogens is 1. The Morgan fingerprint density at radius 1 is 1.71 bits per heavy atom. The average Bonchev–Trinajstić information content (AvgIpc) is 2.11. The number of aromatic nitrogens is 2. The van der Waals surface area contributed by atoms with E-state index in [9.17, 15) is 9.59 Å². The van der Waals surface area contributed by atoms with Gasteiger partial charge in [-0.05, 0) is 12.2 Å². The van der Waals surface area contributed by atoms with Crippen LogP contribution < -0.4 is 11.0 Å². The topological polar surface area (TPSA) is 107 Å². The monoisotopic (exact) mass is 217 g/mol. The molecule has 0 amide bonds. The van der Waals surface area contributed by atoms with Crippen LogP contribution in [0.25, 0.3) is 0 Å². The SMILES string of the molecule is O=C(O)c1c[nH]c(=S)n(CNO)c1=O. The van der Waals surface area contributed by atoms with Crippen molar-refractivity contribution in [3.63, 3.8) is 0 Å². The fraction of sp³-hybridized carbons (Fsp3) is 0.167. The number of aromatic carboxylic acids is 1. The number of carbonyl (C=O) groups is 1. The van der Waals surface area contributed by atoms with E-state index in [4.69, 9.17) is 22.5 Å². The maximum absolute atomic E-state index is 11.4. The summed E-state index contributed by atoms with van der Waals surface area (Å²) in [5.41, 5.74) is 0.504. The van der Waals surface area contributed by atoms with Crippen LogP contribution in [0.3, 0.4) is 0 Å².